The number of nitrogens with one attached hydrogen (secondary N) is 1. The Kier molecular flexibility index (Phi) is 12.2. The van der Waals surface area contributed by atoms with Gasteiger partial charge in [0.15, 0.2) is 14.6 Å². The molecule has 12 heteroatoms. The smallest absolute Gasteiger partial charge is 0.475 e. The summed E-state index contributed by atoms with van der Waals surface area (Å²) < 4.78 is 61.5. The lowest BCUT2D eigenvalue weighted by Gasteiger charge is -2.27. The first-order valence-corrected chi connectivity index (χ1v) is 13.4. The van der Waals surface area contributed by atoms with Crippen LogP contribution in [0.3, 0.4) is 0 Å². The topological polar surface area (TPSA) is 136 Å². The van der Waals surface area contributed by atoms with Crippen molar-refractivity contribution in [2.24, 2.45) is 5.73 Å². The van der Waals surface area contributed by atoms with Crippen molar-refractivity contribution >= 4 is 21.4 Å². The molecule has 0 amide bonds. The number of hydrogen-bond donors (Lipinski definition) is 3. The predicted octanol–water partition coefficient (Wildman–Crippen LogP) is 4.02. The molecule has 4 N–H and O–H groups in total. The average molecular weight is 546 g/mol. The zero-order valence-corrected chi connectivity index (χ0v) is 22.1. The summed E-state index contributed by atoms with van der Waals surface area (Å²) >= 11 is 0. The number of carbonyl (C=O) groups is 1. The van der Waals surface area contributed by atoms with Crippen LogP contribution in [0.25, 0.3) is 5.57 Å². The zero-order valence-electron chi connectivity index (χ0n) is 21.3. The summed E-state index contributed by atoms with van der Waals surface area (Å²) in [5.74, 6) is -1.92. The van der Waals surface area contributed by atoms with E-state index in [1.807, 2.05) is 42.5 Å². The number of rotatable bonds is 7. The van der Waals surface area contributed by atoms with Crippen molar-refractivity contribution in [3.63, 3.8) is 0 Å². The molecule has 1 aromatic carbocycles. The van der Waals surface area contributed by atoms with Gasteiger partial charge in [0.2, 0.25) is 5.89 Å². The van der Waals surface area contributed by atoms with Gasteiger partial charge < -0.3 is 20.6 Å². The molecular weight excluding hydrogens is 511 g/mol. The summed E-state index contributed by atoms with van der Waals surface area (Å²) in [5.41, 5.74) is 8.35. The highest BCUT2D eigenvalue weighted by Gasteiger charge is 2.45. The Bertz CT molecular complexity index is 1170. The van der Waals surface area contributed by atoms with Crippen LogP contribution in [-0.4, -0.2) is 56.5 Å². The third kappa shape index (κ3) is 9.13. The number of sulfone groups is 1. The van der Waals surface area contributed by atoms with Crippen LogP contribution in [0.2, 0.25) is 0 Å². The van der Waals surface area contributed by atoms with E-state index < -0.39 is 26.7 Å². The highest BCUT2D eigenvalue weighted by molar-refractivity contribution is 7.91. The van der Waals surface area contributed by atoms with Crippen molar-refractivity contribution in [1.82, 2.24) is 10.3 Å². The second-order valence-electron chi connectivity index (χ2n) is 8.05. The van der Waals surface area contributed by atoms with Gasteiger partial charge in [-0.25, -0.2) is 18.2 Å². The maximum absolute atomic E-state index is 12.6. The number of nitrogens with two attached hydrogens (primary N) is 1. The lowest BCUT2D eigenvalue weighted by atomic mass is 9.92. The minimum absolute atomic E-state index is 0.218. The average Bonchev–Trinajstić information content (AvgIpc) is 3.20. The third-order valence-corrected chi connectivity index (χ3v) is 7.11. The highest BCUT2D eigenvalue weighted by atomic mass is 32.2. The van der Waals surface area contributed by atoms with Crippen molar-refractivity contribution in [3.8, 4) is 0 Å². The Morgan fingerprint density at radius 1 is 1.22 bits per heavy atom. The number of carboxylic acid groups (broad SMARTS) is 1. The molecule has 37 heavy (non-hydrogen) atoms. The minimum atomic E-state index is -5.08. The van der Waals surface area contributed by atoms with Gasteiger partial charge in [-0.3, -0.25) is 0 Å². The standard InChI is InChI=1S/C19H22N2O3S.C4H11N.C2HF3O2/c1-14-17(10-13-20)21-18(24-14)19(25(2,22)23)11-8-16(9-12-19)15-6-4-3-5-7-15;1-3-5-4-2;3-2(4,5)1(6)7/h3-9,11H,10,12-13,20H2,1-2H3;5H,3-4H2,1-2H3;(H,6,7). The molecule has 0 saturated heterocycles. The van der Waals surface area contributed by atoms with Crippen molar-refractivity contribution in [2.45, 2.75) is 44.5 Å². The summed E-state index contributed by atoms with van der Waals surface area (Å²) in [6.07, 6.45) is 2.45. The summed E-state index contributed by atoms with van der Waals surface area (Å²) in [6.45, 7) is 8.61. The van der Waals surface area contributed by atoms with Crippen LogP contribution in [0.4, 0.5) is 13.2 Å². The number of aromatic nitrogens is 1. The normalized spacial score (nSPS) is 17.1. The van der Waals surface area contributed by atoms with Crippen molar-refractivity contribution in [2.75, 3.05) is 25.9 Å². The molecule has 1 unspecified atom stereocenters. The molecule has 8 nitrogen and oxygen atoms in total. The molecular formula is C25H34F3N3O5S. The van der Waals surface area contributed by atoms with E-state index in [-0.39, 0.29) is 12.3 Å². The molecule has 1 heterocycles. The van der Waals surface area contributed by atoms with Crippen LogP contribution in [0.5, 0.6) is 0 Å². The molecule has 206 valence electrons. The van der Waals surface area contributed by atoms with Crippen LogP contribution in [0, 0.1) is 6.92 Å². The Labute approximate surface area is 215 Å². The molecule has 1 aliphatic carbocycles. The van der Waals surface area contributed by atoms with E-state index in [1.54, 1.807) is 13.0 Å². The van der Waals surface area contributed by atoms with Crippen LogP contribution in [-0.2, 0) is 25.8 Å². The van der Waals surface area contributed by atoms with Gasteiger partial charge in [-0.05, 0) is 44.1 Å². The molecule has 1 aliphatic rings. The van der Waals surface area contributed by atoms with Gasteiger partial charge in [0, 0.05) is 12.7 Å². The van der Waals surface area contributed by atoms with E-state index >= 15 is 0 Å². The maximum Gasteiger partial charge on any atom is 0.490 e. The molecule has 1 aromatic heterocycles. The van der Waals surface area contributed by atoms with Gasteiger partial charge in [0.1, 0.15) is 5.76 Å². The second-order valence-corrected chi connectivity index (χ2v) is 10.3. The third-order valence-electron chi connectivity index (χ3n) is 5.30. The van der Waals surface area contributed by atoms with Gasteiger partial charge in [-0.15, -0.1) is 0 Å². The number of carboxylic acids is 1. The minimum Gasteiger partial charge on any atom is -0.475 e. The van der Waals surface area contributed by atoms with E-state index in [2.05, 4.69) is 24.1 Å². The fourth-order valence-corrected chi connectivity index (χ4v) is 4.39. The molecule has 3 rings (SSSR count). The molecule has 0 spiro atoms. The first kappa shape index (κ1) is 32.1. The largest absolute Gasteiger partial charge is 0.490 e. The number of halogens is 3. The number of allylic oxidation sites excluding steroid dienone is 3. The number of aliphatic carboxylic acids is 1. The van der Waals surface area contributed by atoms with E-state index in [9.17, 15) is 21.6 Å². The van der Waals surface area contributed by atoms with Gasteiger partial charge in [0.05, 0.1) is 5.69 Å². The number of alkyl halides is 3. The Morgan fingerprint density at radius 2 is 1.78 bits per heavy atom. The Balaban J connectivity index is 0.000000476. The molecule has 0 radical (unpaired) electrons. The summed E-state index contributed by atoms with van der Waals surface area (Å²) in [7, 11) is -3.48. The number of benzene rings is 1. The molecule has 0 bridgehead atoms. The zero-order chi connectivity index (χ0) is 28.3. The summed E-state index contributed by atoms with van der Waals surface area (Å²) in [5, 5.41) is 10.2. The molecule has 0 fully saturated rings. The van der Waals surface area contributed by atoms with Gasteiger partial charge in [0.25, 0.3) is 0 Å². The molecule has 2 aromatic rings. The van der Waals surface area contributed by atoms with Crippen molar-refractivity contribution < 1.29 is 35.9 Å². The number of oxazole rings is 1. The summed E-state index contributed by atoms with van der Waals surface area (Å²) in [6, 6.07) is 9.86. The fourth-order valence-electron chi connectivity index (χ4n) is 3.29. The predicted molar refractivity (Wildman–Crippen MR) is 137 cm³/mol. The fraction of sp³-hybridized carbons (Fsp3) is 0.440. The highest BCUT2D eigenvalue weighted by Crippen LogP contribution is 2.40. The first-order valence-electron chi connectivity index (χ1n) is 11.6. The van der Waals surface area contributed by atoms with Crippen LogP contribution in [0.15, 0.2) is 53.0 Å². The van der Waals surface area contributed by atoms with E-state index in [0.717, 1.165) is 24.2 Å². The van der Waals surface area contributed by atoms with Crippen molar-refractivity contribution in [1.29, 1.82) is 0 Å². The first-order chi connectivity index (χ1) is 17.2. The van der Waals surface area contributed by atoms with Gasteiger partial charge in [-0.1, -0.05) is 62.4 Å². The van der Waals surface area contributed by atoms with Crippen molar-refractivity contribution in [3.05, 3.63) is 71.5 Å². The van der Waals surface area contributed by atoms with E-state index in [0.29, 0.717) is 24.4 Å². The Hall–Kier alpha value is -2.96. The number of aryl methyl sites for hydroxylation is 1. The second kappa shape index (κ2) is 14.1. The van der Waals surface area contributed by atoms with Gasteiger partial charge in [-0.2, -0.15) is 13.2 Å². The summed E-state index contributed by atoms with van der Waals surface area (Å²) in [4.78, 5) is 13.3. The number of hydrogen-bond acceptors (Lipinski definition) is 7. The Morgan fingerprint density at radius 3 is 2.16 bits per heavy atom. The van der Waals surface area contributed by atoms with E-state index in [4.69, 9.17) is 20.1 Å². The lowest BCUT2D eigenvalue weighted by molar-refractivity contribution is -0.192. The monoisotopic (exact) mass is 545 g/mol. The number of nitrogens with zero attached hydrogens (tertiary/aromatic N) is 1. The molecule has 1 atom stereocenters. The molecule has 0 saturated carbocycles. The van der Waals surface area contributed by atoms with Gasteiger partial charge >= 0.3 is 12.1 Å². The SMILES string of the molecule is CCNCC.Cc1oc(C2(S(C)(=O)=O)C=CC(c3ccccc3)=CC2)nc1CCN.O=C(O)C(F)(F)F. The lowest BCUT2D eigenvalue weighted by Crippen LogP contribution is -2.34. The maximum atomic E-state index is 12.6. The van der Waals surface area contributed by atoms with Crippen LogP contribution >= 0.6 is 0 Å². The quantitative estimate of drug-likeness (QED) is 0.475. The van der Waals surface area contributed by atoms with E-state index in [1.165, 1.54) is 6.26 Å². The molecule has 0 aliphatic heterocycles. The van der Waals surface area contributed by atoms with Crippen LogP contribution in [0.1, 0.15) is 43.2 Å². The van der Waals surface area contributed by atoms with Crippen LogP contribution < -0.4 is 11.1 Å².